The lowest BCUT2D eigenvalue weighted by Crippen LogP contribution is -3.06. The average Bonchev–Trinajstić information content (AvgIpc) is 3.01. The summed E-state index contributed by atoms with van der Waals surface area (Å²) in [6.07, 6.45) is 0. The number of aliphatic hydroxyl groups excluding tert-OH is 1. The van der Waals surface area contributed by atoms with Gasteiger partial charge < -0.3 is 24.4 Å². The molecule has 0 bridgehead atoms. The number of ketones is 1. The van der Waals surface area contributed by atoms with Crippen LogP contribution in [0.25, 0.3) is 5.76 Å². The van der Waals surface area contributed by atoms with Gasteiger partial charge in [-0.3, -0.25) is 9.59 Å². The number of amides is 1. The largest absolute Gasteiger partial charge is 0.507 e. The van der Waals surface area contributed by atoms with E-state index in [1.54, 1.807) is 38.5 Å². The molecular formula is C24H29N2O5+. The number of hydrogen-bond acceptors (Lipinski definition) is 5. The first-order valence-corrected chi connectivity index (χ1v) is 10.2. The summed E-state index contributed by atoms with van der Waals surface area (Å²) < 4.78 is 10.8. The number of likely N-dealkylation sites (N-methyl/N-ethyl adjacent to an activating group) is 1. The standard InChI is InChI=1S/C24H28N2O5/c1-15-14-16(10-11-18(15)30-4)22(27)20-21(17-8-6-7-9-19(17)31-5)26(13-12-25(2)3)24(29)23(20)28/h6-11,14,21,27H,12-13H2,1-5H3/p+1/t21-/m0/s1. The predicted octanol–water partition coefficient (Wildman–Crippen LogP) is 1.58. The molecule has 1 fully saturated rings. The minimum absolute atomic E-state index is 0.0628. The molecule has 7 heteroatoms. The predicted molar refractivity (Wildman–Crippen MR) is 117 cm³/mol. The number of methoxy groups -OCH3 is 2. The van der Waals surface area contributed by atoms with Gasteiger partial charge in [0.2, 0.25) is 0 Å². The Labute approximate surface area is 182 Å². The Hall–Kier alpha value is -3.32. The molecule has 1 saturated heterocycles. The molecule has 1 heterocycles. The molecule has 2 aromatic rings. The molecule has 0 aliphatic carbocycles. The first-order valence-electron chi connectivity index (χ1n) is 10.2. The molecule has 1 aliphatic heterocycles. The van der Waals surface area contributed by atoms with Crippen LogP contribution in [0.5, 0.6) is 11.5 Å². The van der Waals surface area contributed by atoms with E-state index in [1.165, 1.54) is 4.90 Å². The lowest BCUT2D eigenvalue weighted by molar-refractivity contribution is -0.857. The van der Waals surface area contributed by atoms with Crippen molar-refractivity contribution in [2.45, 2.75) is 13.0 Å². The smallest absolute Gasteiger partial charge is 0.295 e. The molecule has 7 nitrogen and oxygen atoms in total. The molecular weight excluding hydrogens is 396 g/mol. The zero-order valence-corrected chi connectivity index (χ0v) is 18.6. The molecule has 1 atom stereocenters. The molecule has 2 aromatic carbocycles. The highest BCUT2D eigenvalue weighted by molar-refractivity contribution is 6.46. The van der Waals surface area contributed by atoms with E-state index >= 15 is 0 Å². The van der Waals surface area contributed by atoms with Crippen molar-refractivity contribution < 1.29 is 29.1 Å². The van der Waals surface area contributed by atoms with Crippen LogP contribution in [0, 0.1) is 6.92 Å². The van der Waals surface area contributed by atoms with Crippen molar-refractivity contribution in [2.75, 3.05) is 41.4 Å². The fourth-order valence-corrected chi connectivity index (χ4v) is 3.85. The van der Waals surface area contributed by atoms with Crippen molar-refractivity contribution in [3.8, 4) is 11.5 Å². The number of carbonyl (C=O) groups is 2. The summed E-state index contributed by atoms with van der Waals surface area (Å²) in [6, 6.07) is 11.7. The molecule has 1 amide bonds. The highest BCUT2D eigenvalue weighted by atomic mass is 16.5. The van der Waals surface area contributed by atoms with Gasteiger partial charge in [-0.25, -0.2) is 0 Å². The minimum Gasteiger partial charge on any atom is -0.507 e. The van der Waals surface area contributed by atoms with Crippen molar-refractivity contribution in [3.63, 3.8) is 0 Å². The van der Waals surface area contributed by atoms with Crippen LogP contribution in [-0.2, 0) is 9.59 Å². The zero-order chi connectivity index (χ0) is 22.7. The van der Waals surface area contributed by atoms with Crippen LogP contribution < -0.4 is 14.4 Å². The van der Waals surface area contributed by atoms with Crippen LogP contribution in [0.2, 0.25) is 0 Å². The number of Topliss-reactive ketones (excluding diaryl/α,β-unsaturated/α-hetero) is 1. The van der Waals surface area contributed by atoms with E-state index in [2.05, 4.69) is 0 Å². The number of nitrogens with one attached hydrogen (secondary N) is 1. The number of quaternary nitrogens is 1. The lowest BCUT2D eigenvalue weighted by Gasteiger charge is -2.26. The Morgan fingerprint density at radius 3 is 2.35 bits per heavy atom. The molecule has 3 rings (SSSR count). The number of ether oxygens (including phenoxy) is 2. The highest BCUT2D eigenvalue weighted by Gasteiger charge is 2.47. The second kappa shape index (κ2) is 9.22. The van der Waals surface area contributed by atoms with Crippen molar-refractivity contribution in [3.05, 3.63) is 64.7 Å². The van der Waals surface area contributed by atoms with Gasteiger partial charge in [0.25, 0.3) is 11.7 Å². The molecule has 1 aliphatic rings. The van der Waals surface area contributed by atoms with Gasteiger partial charge in [0.1, 0.15) is 17.3 Å². The van der Waals surface area contributed by atoms with Gasteiger partial charge in [-0.05, 0) is 36.8 Å². The fourth-order valence-electron chi connectivity index (χ4n) is 3.85. The number of carbonyl (C=O) groups excluding carboxylic acids is 2. The Morgan fingerprint density at radius 2 is 1.74 bits per heavy atom. The molecule has 0 unspecified atom stereocenters. The van der Waals surface area contributed by atoms with Gasteiger partial charge in [-0.15, -0.1) is 0 Å². The van der Waals surface area contributed by atoms with Crippen molar-refractivity contribution in [1.29, 1.82) is 0 Å². The van der Waals surface area contributed by atoms with Crippen LogP contribution >= 0.6 is 0 Å². The molecule has 31 heavy (non-hydrogen) atoms. The van der Waals surface area contributed by atoms with Gasteiger partial charge in [-0.1, -0.05) is 18.2 Å². The monoisotopic (exact) mass is 425 g/mol. The highest BCUT2D eigenvalue weighted by Crippen LogP contribution is 2.42. The van der Waals surface area contributed by atoms with Crippen molar-refractivity contribution in [1.82, 2.24) is 4.90 Å². The zero-order valence-electron chi connectivity index (χ0n) is 18.6. The normalized spacial score (nSPS) is 18.0. The van der Waals surface area contributed by atoms with Gasteiger partial charge in [-0.2, -0.15) is 0 Å². The summed E-state index contributed by atoms with van der Waals surface area (Å²) in [4.78, 5) is 28.7. The van der Waals surface area contributed by atoms with Crippen LogP contribution in [0.15, 0.2) is 48.0 Å². The quantitative estimate of drug-likeness (QED) is 0.400. The summed E-state index contributed by atoms with van der Waals surface area (Å²) in [5.41, 5.74) is 1.98. The van der Waals surface area contributed by atoms with Gasteiger partial charge in [0.15, 0.2) is 0 Å². The maximum absolute atomic E-state index is 13.1. The number of nitrogens with zero attached hydrogens (tertiary/aromatic N) is 1. The maximum Gasteiger partial charge on any atom is 0.295 e. The maximum atomic E-state index is 13.1. The molecule has 2 N–H and O–H groups in total. The molecule has 164 valence electrons. The van der Waals surface area contributed by atoms with E-state index in [-0.39, 0.29) is 11.3 Å². The molecule has 0 saturated carbocycles. The van der Waals surface area contributed by atoms with Gasteiger partial charge >= 0.3 is 0 Å². The van der Waals surface area contributed by atoms with Crippen LogP contribution in [0.4, 0.5) is 0 Å². The van der Waals surface area contributed by atoms with Crippen molar-refractivity contribution in [2.24, 2.45) is 0 Å². The van der Waals surface area contributed by atoms with Gasteiger partial charge in [0.05, 0.1) is 53.0 Å². The summed E-state index contributed by atoms with van der Waals surface area (Å²) in [5, 5.41) is 11.2. The van der Waals surface area contributed by atoms with Crippen LogP contribution in [-0.4, -0.2) is 63.1 Å². The minimum atomic E-state index is -0.738. The van der Waals surface area contributed by atoms with E-state index < -0.39 is 17.7 Å². The topological polar surface area (TPSA) is 80.5 Å². The number of aryl methyl sites for hydroxylation is 1. The summed E-state index contributed by atoms with van der Waals surface area (Å²) in [5.74, 6) is -0.306. The average molecular weight is 426 g/mol. The van der Waals surface area contributed by atoms with E-state index in [1.807, 2.05) is 39.2 Å². The third-order valence-electron chi connectivity index (χ3n) is 5.49. The number of rotatable bonds is 7. The number of likely N-dealkylation sites (tertiary alicyclic amines) is 1. The third kappa shape index (κ3) is 4.27. The number of para-hydroxylation sites is 1. The van der Waals surface area contributed by atoms with Crippen LogP contribution in [0.1, 0.15) is 22.7 Å². The lowest BCUT2D eigenvalue weighted by atomic mass is 9.94. The number of aliphatic hydroxyl groups is 1. The van der Waals surface area contributed by atoms with E-state index in [0.717, 1.165) is 10.5 Å². The summed E-state index contributed by atoms with van der Waals surface area (Å²) in [6.45, 7) is 2.88. The second-order valence-corrected chi connectivity index (χ2v) is 7.88. The Balaban J connectivity index is 2.20. The van der Waals surface area contributed by atoms with E-state index in [4.69, 9.17) is 9.47 Å². The Kier molecular flexibility index (Phi) is 6.65. The Morgan fingerprint density at radius 1 is 1.06 bits per heavy atom. The first-order chi connectivity index (χ1) is 14.8. The number of benzene rings is 2. The fraction of sp³-hybridized carbons (Fsp3) is 0.333. The van der Waals surface area contributed by atoms with E-state index in [0.29, 0.717) is 35.7 Å². The number of hydrogen-bond donors (Lipinski definition) is 2. The van der Waals surface area contributed by atoms with Gasteiger partial charge in [0, 0.05) is 11.1 Å². The van der Waals surface area contributed by atoms with Crippen molar-refractivity contribution >= 4 is 17.4 Å². The Bertz CT molecular complexity index is 1030. The second-order valence-electron chi connectivity index (χ2n) is 7.88. The summed E-state index contributed by atoms with van der Waals surface area (Å²) in [7, 11) is 7.08. The molecule has 0 spiro atoms. The molecule has 0 aromatic heterocycles. The SMILES string of the molecule is COc1ccc(C(O)=C2C(=O)C(=O)N(CC[NH+](C)C)[C@H]2c2ccccc2OC)cc1C. The molecule has 0 radical (unpaired) electrons. The third-order valence-corrected chi connectivity index (χ3v) is 5.49. The first kappa shape index (κ1) is 22.4. The van der Waals surface area contributed by atoms with Crippen LogP contribution in [0.3, 0.4) is 0 Å². The summed E-state index contributed by atoms with van der Waals surface area (Å²) >= 11 is 0. The van der Waals surface area contributed by atoms with E-state index in [9.17, 15) is 14.7 Å².